The van der Waals surface area contributed by atoms with Gasteiger partial charge >= 0.3 is 0 Å². The van der Waals surface area contributed by atoms with Crippen LogP contribution in [0.3, 0.4) is 0 Å². The van der Waals surface area contributed by atoms with E-state index in [1.54, 1.807) is 13.8 Å². The second kappa shape index (κ2) is 4.87. The van der Waals surface area contributed by atoms with E-state index in [1.807, 2.05) is 4.72 Å². The van der Waals surface area contributed by atoms with Crippen molar-refractivity contribution in [2.24, 2.45) is 5.92 Å². The lowest BCUT2D eigenvalue weighted by molar-refractivity contribution is 0.580. The van der Waals surface area contributed by atoms with E-state index < -0.39 is 21.7 Å². The van der Waals surface area contributed by atoms with Crippen molar-refractivity contribution in [3.05, 3.63) is 23.8 Å². The highest BCUT2D eigenvalue weighted by Gasteiger charge is 2.16. The molecule has 17 heavy (non-hydrogen) atoms. The maximum absolute atomic E-state index is 13.3. The Hall–Kier alpha value is -1.37. The van der Waals surface area contributed by atoms with Crippen LogP contribution in [0, 0.1) is 17.6 Å². The van der Waals surface area contributed by atoms with Crippen LogP contribution in [-0.2, 0) is 10.0 Å². The Morgan fingerprint density at radius 1 is 1.29 bits per heavy atom. The van der Waals surface area contributed by atoms with Gasteiger partial charge in [0.15, 0.2) is 0 Å². The van der Waals surface area contributed by atoms with Crippen LogP contribution in [0.25, 0.3) is 0 Å². The number of nitrogen functional groups attached to an aromatic ring is 1. The van der Waals surface area contributed by atoms with E-state index in [2.05, 4.69) is 0 Å². The van der Waals surface area contributed by atoms with Gasteiger partial charge in [-0.05, 0) is 12.0 Å². The number of hydrogen-bond donors (Lipinski definition) is 2. The van der Waals surface area contributed by atoms with Crippen LogP contribution in [0.15, 0.2) is 12.1 Å². The molecule has 1 aromatic rings. The van der Waals surface area contributed by atoms with E-state index in [4.69, 9.17) is 5.73 Å². The molecule has 0 bridgehead atoms. The summed E-state index contributed by atoms with van der Waals surface area (Å²) in [6, 6.07) is 1.46. The van der Waals surface area contributed by atoms with Gasteiger partial charge in [-0.25, -0.2) is 17.2 Å². The van der Waals surface area contributed by atoms with Crippen molar-refractivity contribution in [2.45, 2.75) is 13.8 Å². The van der Waals surface area contributed by atoms with E-state index in [0.717, 1.165) is 6.07 Å². The number of nitrogens with two attached hydrogens (primary N) is 1. The molecule has 0 atom stereocenters. The fourth-order valence-electron chi connectivity index (χ4n) is 1.29. The van der Waals surface area contributed by atoms with Crippen molar-refractivity contribution in [3.8, 4) is 0 Å². The van der Waals surface area contributed by atoms with Gasteiger partial charge in [0.05, 0.1) is 17.1 Å². The predicted molar refractivity (Wildman–Crippen MR) is 63.0 cm³/mol. The fraction of sp³-hybridized carbons (Fsp3) is 0.400. The summed E-state index contributed by atoms with van der Waals surface area (Å²) in [6.45, 7) is 3.43. The Morgan fingerprint density at radius 2 is 1.88 bits per heavy atom. The molecular weight excluding hydrogens is 250 g/mol. The Balaban J connectivity index is 3.00. The average Bonchev–Trinajstić information content (AvgIpc) is 2.11. The van der Waals surface area contributed by atoms with Crippen LogP contribution < -0.4 is 10.5 Å². The molecule has 0 aliphatic carbocycles. The summed E-state index contributed by atoms with van der Waals surface area (Å²) >= 11 is 0. The second-order valence-corrected chi connectivity index (χ2v) is 5.90. The molecular formula is C10H14F2N2O2S. The number of rotatable bonds is 4. The molecule has 1 rings (SSSR count). The highest BCUT2D eigenvalue weighted by molar-refractivity contribution is 7.92. The summed E-state index contributed by atoms with van der Waals surface area (Å²) in [7, 11) is -3.65. The molecule has 0 aliphatic rings. The quantitative estimate of drug-likeness (QED) is 0.816. The van der Waals surface area contributed by atoms with Gasteiger partial charge in [-0.1, -0.05) is 13.8 Å². The zero-order valence-electron chi connectivity index (χ0n) is 9.50. The van der Waals surface area contributed by atoms with Gasteiger partial charge in [0.2, 0.25) is 10.0 Å². The first-order chi connectivity index (χ1) is 7.71. The second-order valence-electron chi connectivity index (χ2n) is 4.13. The van der Waals surface area contributed by atoms with Crippen LogP contribution >= 0.6 is 0 Å². The molecule has 0 aromatic heterocycles. The first-order valence-electron chi connectivity index (χ1n) is 4.96. The largest absolute Gasteiger partial charge is 0.396 e. The summed E-state index contributed by atoms with van der Waals surface area (Å²) in [5, 5.41) is 0. The minimum atomic E-state index is -3.65. The summed E-state index contributed by atoms with van der Waals surface area (Å²) in [5.41, 5.74) is 4.58. The van der Waals surface area contributed by atoms with E-state index in [-0.39, 0.29) is 23.0 Å². The summed E-state index contributed by atoms with van der Waals surface area (Å²) in [4.78, 5) is 0. The molecule has 1 aromatic carbocycles. The highest BCUT2D eigenvalue weighted by atomic mass is 32.2. The molecule has 0 saturated heterocycles. The first-order valence-corrected chi connectivity index (χ1v) is 6.61. The van der Waals surface area contributed by atoms with Gasteiger partial charge in [0.25, 0.3) is 0 Å². The number of hydrogen-bond acceptors (Lipinski definition) is 3. The van der Waals surface area contributed by atoms with E-state index in [9.17, 15) is 17.2 Å². The maximum Gasteiger partial charge on any atom is 0.233 e. The molecule has 0 saturated carbocycles. The zero-order valence-corrected chi connectivity index (χ0v) is 10.3. The third-order valence-electron chi connectivity index (χ3n) is 1.90. The summed E-state index contributed by atoms with van der Waals surface area (Å²) in [6.07, 6.45) is 0. The molecule has 0 spiro atoms. The van der Waals surface area contributed by atoms with Crippen molar-refractivity contribution in [3.63, 3.8) is 0 Å². The topological polar surface area (TPSA) is 72.2 Å². The van der Waals surface area contributed by atoms with Crippen molar-refractivity contribution >= 4 is 21.4 Å². The van der Waals surface area contributed by atoms with E-state index in [0.29, 0.717) is 6.07 Å². The molecule has 7 heteroatoms. The molecule has 0 aliphatic heterocycles. The molecule has 0 amide bonds. The Labute approximate surface area is 98.9 Å². The average molecular weight is 264 g/mol. The molecule has 0 unspecified atom stereocenters. The lowest BCUT2D eigenvalue weighted by atomic mass is 10.2. The third-order valence-corrected chi connectivity index (χ3v) is 3.54. The summed E-state index contributed by atoms with van der Waals surface area (Å²) < 4.78 is 51.3. The van der Waals surface area contributed by atoms with E-state index >= 15 is 0 Å². The van der Waals surface area contributed by atoms with E-state index in [1.165, 1.54) is 0 Å². The number of benzene rings is 1. The van der Waals surface area contributed by atoms with Crippen LogP contribution in [0.4, 0.5) is 20.2 Å². The van der Waals surface area contributed by atoms with Gasteiger partial charge < -0.3 is 5.73 Å². The van der Waals surface area contributed by atoms with Crippen molar-refractivity contribution in [1.82, 2.24) is 0 Å². The van der Waals surface area contributed by atoms with Gasteiger partial charge in [-0.2, -0.15) is 0 Å². The Morgan fingerprint density at radius 3 is 2.41 bits per heavy atom. The van der Waals surface area contributed by atoms with Crippen molar-refractivity contribution in [1.29, 1.82) is 0 Å². The SMILES string of the molecule is CC(C)CS(=O)(=O)Nc1cc(N)c(F)cc1F. The maximum atomic E-state index is 13.3. The Bertz CT molecular complexity index is 515. The molecule has 0 fully saturated rings. The third kappa shape index (κ3) is 3.85. The number of sulfonamides is 1. The van der Waals surface area contributed by atoms with Crippen molar-refractivity contribution in [2.75, 3.05) is 16.2 Å². The van der Waals surface area contributed by atoms with Crippen LogP contribution in [-0.4, -0.2) is 14.2 Å². The lowest BCUT2D eigenvalue weighted by Gasteiger charge is -2.11. The summed E-state index contributed by atoms with van der Waals surface area (Å²) in [5.74, 6) is -2.17. The molecule has 0 radical (unpaired) electrons. The van der Waals surface area contributed by atoms with Crippen molar-refractivity contribution < 1.29 is 17.2 Å². The lowest BCUT2D eigenvalue weighted by Crippen LogP contribution is -2.20. The van der Waals surface area contributed by atoms with Crippen LogP contribution in [0.1, 0.15) is 13.8 Å². The van der Waals surface area contributed by atoms with Gasteiger partial charge in [0.1, 0.15) is 11.6 Å². The van der Waals surface area contributed by atoms with Gasteiger partial charge in [0, 0.05) is 6.07 Å². The normalized spacial score (nSPS) is 11.8. The molecule has 3 N–H and O–H groups in total. The minimum absolute atomic E-state index is 0.103. The fourth-order valence-corrected chi connectivity index (χ4v) is 2.74. The first kappa shape index (κ1) is 13.7. The number of anilines is 2. The predicted octanol–water partition coefficient (Wildman–Crippen LogP) is 1.94. The smallest absolute Gasteiger partial charge is 0.233 e. The highest BCUT2D eigenvalue weighted by Crippen LogP contribution is 2.22. The zero-order chi connectivity index (χ0) is 13.2. The minimum Gasteiger partial charge on any atom is -0.396 e. The molecule has 4 nitrogen and oxygen atoms in total. The van der Waals surface area contributed by atoms with Crippen LogP contribution in [0.2, 0.25) is 0 Å². The van der Waals surface area contributed by atoms with Gasteiger partial charge in [-0.3, -0.25) is 4.72 Å². The standard InChI is InChI=1S/C10H14F2N2O2S/c1-6(2)5-17(15,16)14-10-4-9(13)7(11)3-8(10)12/h3-4,6,14H,5,13H2,1-2H3. The Kier molecular flexibility index (Phi) is 3.92. The van der Waals surface area contributed by atoms with Crippen LogP contribution in [0.5, 0.6) is 0 Å². The molecule has 0 heterocycles. The number of nitrogens with one attached hydrogen (secondary N) is 1. The monoisotopic (exact) mass is 264 g/mol. The van der Waals surface area contributed by atoms with Gasteiger partial charge in [-0.15, -0.1) is 0 Å². The number of halogens is 2. The molecule has 96 valence electrons.